The SMILES string of the molecule is CCSP(=O)(O)S(=S)(=S)CC. The maximum Gasteiger partial charge on any atom is 0.318 e. The van der Waals surface area contributed by atoms with E-state index in [2.05, 4.69) is 0 Å². The van der Waals surface area contributed by atoms with Crippen LogP contribution in [0.2, 0.25) is 0 Å². The fourth-order valence-corrected chi connectivity index (χ4v) is 9.33. The summed E-state index contributed by atoms with van der Waals surface area (Å²) in [6.07, 6.45) is 0. The molecule has 0 heterocycles. The van der Waals surface area contributed by atoms with Crippen LogP contribution in [0.15, 0.2) is 0 Å². The van der Waals surface area contributed by atoms with Gasteiger partial charge in [0.1, 0.15) is 0 Å². The van der Waals surface area contributed by atoms with E-state index in [9.17, 15) is 9.46 Å². The van der Waals surface area contributed by atoms with Crippen LogP contribution in [-0.2, 0) is 33.7 Å². The molecule has 0 aromatic heterocycles. The molecule has 0 radical (unpaired) electrons. The van der Waals surface area contributed by atoms with E-state index in [0.717, 1.165) is 11.4 Å². The molecule has 0 saturated heterocycles. The van der Waals surface area contributed by atoms with Gasteiger partial charge in [-0.05, 0) is 29.1 Å². The summed E-state index contributed by atoms with van der Waals surface area (Å²) in [5, 5.41) is 0. The molecule has 0 aromatic carbocycles. The summed E-state index contributed by atoms with van der Waals surface area (Å²) in [6, 6.07) is 0. The third-order valence-electron chi connectivity index (χ3n) is 1.01. The fraction of sp³-hybridized carbons (Fsp3) is 1.00. The van der Waals surface area contributed by atoms with Crippen LogP contribution in [0.3, 0.4) is 0 Å². The summed E-state index contributed by atoms with van der Waals surface area (Å²) >= 11 is 10.8. The first-order valence-electron chi connectivity index (χ1n) is 3.07. The largest absolute Gasteiger partial charge is 0.329 e. The van der Waals surface area contributed by atoms with Gasteiger partial charge in [-0.3, -0.25) is 4.57 Å². The summed E-state index contributed by atoms with van der Waals surface area (Å²) in [7, 11) is 0. The minimum Gasteiger partial charge on any atom is -0.329 e. The molecular formula is C4H11O2PS4. The fourth-order valence-electron chi connectivity index (χ4n) is 0.407. The summed E-state index contributed by atoms with van der Waals surface area (Å²) < 4.78 is 11.4. The maximum absolute atomic E-state index is 11.4. The highest BCUT2D eigenvalue weighted by Gasteiger charge is 2.26. The van der Waals surface area contributed by atoms with Crippen molar-refractivity contribution in [1.82, 2.24) is 0 Å². The number of hydrogen-bond donors (Lipinski definition) is 1. The van der Waals surface area contributed by atoms with E-state index in [1.54, 1.807) is 6.92 Å². The van der Waals surface area contributed by atoms with Gasteiger partial charge in [-0.1, -0.05) is 25.2 Å². The highest BCUT2D eigenvalue weighted by molar-refractivity contribution is 9.02. The molecule has 0 amide bonds. The van der Waals surface area contributed by atoms with Crippen LogP contribution in [0.5, 0.6) is 0 Å². The van der Waals surface area contributed by atoms with Crippen LogP contribution >= 0.6 is 17.2 Å². The summed E-state index contributed by atoms with van der Waals surface area (Å²) in [4.78, 5) is 9.39. The predicted molar refractivity (Wildman–Crippen MR) is 60.6 cm³/mol. The third kappa shape index (κ3) is 3.28. The predicted octanol–water partition coefficient (Wildman–Crippen LogP) is 1.94. The highest BCUT2D eigenvalue weighted by atomic mass is 33.5. The topological polar surface area (TPSA) is 37.3 Å². The first-order valence-corrected chi connectivity index (χ1v) is 10.6. The molecule has 0 aliphatic carbocycles. The van der Waals surface area contributed by atoms with Crippen molar-refractivity contribution in [3.8, 4) is 0 Å². The molecule has 0 aliphatic rings. The van der Waals surface area contributed by atoms with E-state index in [0.29, 0.717) is 11.5 Å². The third-order valence-corrected chi connectivity index (χ3v) is 17.7. The van der Waals surface area contributed by atoms with Gasteiger partial charge >= 0.3 is 5.77 Å². The molecule has 0 bridgehead atoms. The van der Waals surface area contributed by atoms with Crippen LogP contribution in [-0.4, -0.2) is 16.4 Å². The lowest BCUT2D eigenvalue weighted by Gasteiger charge is -2.13. The van der Waals surface area contributed by atoms with Crippen LogP contribution in [0.25, 0.3) is 0 Å². The standard InChI is InChI=1S/C4H11O2PS4/c1-3-10-7(5,6)11(8,9)4-2/h3-4H2,1-2H3,(H,5,6). The van der Waals surface area contributed by atoms with Gasteiger partial charge in [0.15, 0.2) is 0 Å². The minimum absolute atomic E-state index is 0.457. The minimum atomic E-state index is -3.27. The van der Waals surface area contributed by atoms with E-state index >= 15 is 0 Å². The van der Waals surface area contributed by atoms with Gasteiger partial charge < -0.3 is 4.89 Å². The van der Waals surface area contributed by atoms with Crippen LogP contribution in [0, 0.1) is 0 Å². The molecule has 1 unspecified atom stereocenters. The van der Waals surface area contributed by atoms with Gasteiger partial charge in [-0.2, -0.15) is 0 Å². The second-order valence-corrected chi connectivity index (χ2v) is 17.1. The highest BCUT2D eigenvalue weighted by Crippen LogP contribution is 2.60. The van der Waals surface area contributed by atoms with Gasteiger partial charge in [0.05, 0.1) is 0 Å². The van der Waals surface area contributed by atoms with E-state index in [1.807, 2.05) is 6.92 Å². The zero-order valence-electron chi connectivity index (χ0n) is 6.35. The summed E-state index contributed by atoms with van der Waals surface area (Å²) in [6.45, 7) is 1.48. The van der Waals surface area contributed by atoms with Gasteiger partial charge in [0.2, 0.25) is 0 Å². The first-order chi connectivity index (χ1) is 4.87. The maximum atomic E-state index is 11.4. The Hall–Kier alpha value is 1.33. The van der Waals surface area contributed by atoms with Gasteiger partial charge in [-0.25, -0.2) is 0 Å². The molecule has 11 heavy (non-hydrogen) atoms. The molecule has 1 atom stereocenters. The Morgan fingerprint density at radius 3 is 2.27 bits per heavy atom. The first kappa shape index (κ1) is 12.3. The monoisotopic (exact) mass is 250 g/mol. The summed E-state index contributed by atoms with van der Waals surface area (Å²) in [5.74, 6) is -2.22. The van der Waals surface area contributed by atoms with E-state index in [1.165, 1.54) is 0 Å². The zero-order valence-corrected chi connectivity index (χ0v) is 10.5. The van der Waals surface area contributed by atoms with Gasteiger partial charge in [0, 0.05) is 11.5 Å². The molecule has 0 spiro atoms. The van der Waals surface area contributed by atoms with Crippen molar-refractivity contribution in [1.29, 1.82) is 0 Å². The molecule has 0 rings (SSSR count). The Morgan fingerprint density at radius 2 is 2.00 bits per heavy atom. The second-order valence-electron chi connectivity index (χ2n) is 1.76. The molecule has 0 fully saturated rings. The lowest BCUT2D eigenvalue weighted by molar-refractivity contribution is 0.514. The molecule has 1 N–H and O–H groups in total. The Morgan fingerprint density at radius 1 is 1.55 bits per heavy atom. The number of rotatable bonds is 4. The van der Waals surface area contributed by atoms with Crippen LogP contribution < -0.4 is 0 Å². The molecule has 0 saturated carbocycles. The zero-order chi connectivity index (χ0) is 9.12. The quantitative estimate of drug-likeness (QED) is 0.772. The van der Waals surface area contributed by atoms with Crippen molar-refractivity contribution >= 4 is 46.3 Å². The number of hydrogen-bond acceptors (Lipinski definition) is 4. The lowest BCUT2D eigenvalue weighted by atomic mass is 11.0. The molecule has 68 valence electrons. The van der Waals surface area contributed by atoms with Crippen molar-refractivity contribution in [2.45, 2.75) is 13.8 Å². The lowest BCUT2D eigenvalue weighted by Crippen LogP contribution is -1.97. The Balaban J connectivity index is 4.71. The van der Waals surface area contributed by atoms with Crippen molar-refractivity contribution < 1.29 is 9.46 Å². The Bertz CT molecular complexity index is 257. The van der Waals surface area contributed by atoms with Crippen molar-refractivity contribution in [3.05, 3.63) is 0 Å². The molecule has 0 aromatic rings. The van der Waals surface area contributed by atoms with Gasteiger partial charge in [-0.15, -0.1) is 0 Å². The van der Waals surface area contributed by atoms with Crippen molar-refractivity contribution in [3.63, 3.8) is 0 Å². The average Bonchev–Trinajstić information content (AvgIpc) is 1.87. The van der Waals surface area contributed by atoms with E-state index < -0.39 is 12.5 Å². The molecular weight excluding hydrogens is 239 g/mol. The van der Waals surface area contributed by atoms with Crippen molar-refractivity contribution in [2.24, 2.45) is 0 Å². The summed E-state index contributed by atoms with van der Waals surface area (Å²) in [5.41, 5.74) is 0. The van der Waals surface area contributed by atoms with E-state index in [4.69, 9.17) is 22.4 Å². The van der Waals surface area contributed by atoms with Crippen molar-refractivity contribution in [2.75, 3.05) is 11.5 Å². The Kier molecular flexibility index (Phi) is 5.08. The smallest absolute Gasteiger partial charge is 0.318 e. The van der Waals surface area contributed by atoms with Gasteiger partial charge in [0.25, 0.3) is 0 Å². The molecule has 0 aliphatic heterocycles. The normalized spacial score (nSPS) is 17.7. The second kappa shape index (κ2) is 4.53. The van der Waals surface area contributed by atoms with Crippen LogP contribution in [0.1, 0.15) is 13.8 Å². The van der Waals surface area contributed by atoms with E-state index in [-0.39, 0.29) is 0 Å². The average molecular weight is 250 g/mol. The molecule has 7 heteroatoms. The Labute approximate surface area is 80.9 Å². The molecule has 2 nitrogen and oxygen atoms in total. The van der Waals surface area contributed by atoms with Crippen LogP contribution in [0.4, 0.5) is 0 Å².